The van der Waals surface area contributed by atoms with Gasteiger partial charge in [-0.2, -0.15) is 13.2 Å². The molecule has 2 aromatic rings. The van der Waals surface area contributed by atoms with Crippen LogP contribution in [0.25, 0.3) is 0 Å². The van der Waals surface area contributed by atoms with Crippen LogP contribution in [0.4, 0.5) is 18.9 Å². The Morgan fingerprint density at radius 2 is 1.74 bits per heavy atom. The highest BCUT2D eigenvalue weighted by Gasteiger charge is 2.29. The number of hydrogen-bond acceptors (Lipinski definition) is 3. The molecule has 0 spiro atoms. The number of hydrogen-bond donors (Lipinski definition) is 2. The number of benzene rings is 1. The van der Waals surface area contributed by atoms with E-state index >= 15 is 0 Å². The lowest BCUT2D eigenvalue weighted by Crippen LogP contribution is -2.33. The summed E-state index contributed by atoms with van der Waals surface area (Å²) in [4.78, 5) is 24.1. The molecule has 0 aliphatic heterocycles. The molecule has 8 heteroatoms. The predicted molar refractivity (Wildman–Crippen MR) is 81.1 cm³/mol. The van der Waals surface area contributed by atoms with Gasteiger partial charge in [0.25, 0.3) is 0 Å². The fraction of sp³-hybridized carbons (Fsp3) is 0.200. The summed E-state index contributed by atoms with van der Waals surface area (Å²) in [6.45, 7) is -0.245. The van der Waals surface area contributed by atoms with Crippen LogP contribution >= 0.6 is 11.3 Å². The van der Waals surface area contributed by atoms with Crippen molar-refractivity contribution in [1.82, 2.24) is 5.32 Å². The fourth-order valence-corrected chi connectivity index (χ4v) is 2.46. The van der Waals surface area contributed by atoms with Gasteiger partial charge in [0.15, 0.2) is 0 Å². The van der Waals surface area contributed by atoms with E-state index in [1.54, 1.807) is 0 Å². The maximum Gasteiger partial charge on any atom is 0.416 e. The van der Waals surface area contributed by atoms with Crippen LogP contribution in [-0.2, 0) is 22.2 Å². The van der Waals surface area contributed by atoms with Gasteiger partial charge < -0.3 is 10.6 Å². The molecule has 0 atom stereocenters. The summed E-state index contributed by atoms with van der Waals surface area (Å²) in [7, 11) is 0. The van der Waals surface area contributed by atoms with Crippen LogP contribution in [-0.4, -0.2) is 18.4 Å². The van der Waals surface area contributed by atoms with Crippen molar-refractivity contribution in [2.45, 2.75) is 12.6 Å². The molecule has 1 heterocycles. The van der Waals surface area contributed by atoms with Crippen molar-refractivity contribution >= 4 is 28.8 Å². The molecular formula is C15H13F3N2O2S. The summed E-state index contributed by atoms with van der Waals surface area (Å²) >= 11 is 1.44. The van der Waals surface area contributed by atoms with E-state index in [9.17, 15) is 22.8 Å². The molecule has 0 aliphatic rings. The second kappa shape index (κ2) is 7.28. The van der Waals surface area contributed by atoms with Gasteiger partial charge in [0.05, 0.1) is 18.5 Å². The predicted octanol–water partition coefficient (Wildman–Crippen LogP) is 3.06. The van der Waals surface area contributed by atoms with Crippen LogP contribution in [0.1, 0.15) is 10.4 Å². The lowest BCUT2D eigenvalue weighted by molar-refractivity contribution is -0.137. The third kappa shape index (κ3) is 5.41. The van der Waals surface area contributed by atoms with Gasteiger partial charge >= 0.3 is 6.18 Å². The highest BCUT2D eigenvalue weighted by Crippen LogP contribution is 2.29. The number of thiophene rings is 1. The largest absolute Gasteiger partial charge is 0.416 e. The third-order valence-corrected chi connectivity index (χ3v) is 3.73. The second-order valence-corrected chi connectivity index (χ2v) is 5.69. The Morgan fingerprint density at radius 1 is 1.04 bits per heavy atom. The molecule has 1 aromatic carbocycles. The molecule has 0 saturated carbocycles. The maximum atomic E-state index is 12.4. The Kier molecular flexibility index (Phi) is 5.38. The minimum Gasteiger partial charge on any atom is -0.347 e. The number of carbonyl (C=O) groups is 2. The van der Waals surface area contributed by atoms with Crippen molar-refractivity contribution in [1.29, 1.82) is 0 Å². The number of nitrogens with one attached hydrogen (secondary N) is 2. The molecule has 1 aromatic heterocycles. The first kappa shape index (κ1) is 17.0. The molecule has 2 N–H and O–H groups in total. The van der Waals surface area contributed by atoms with Gasteiger partial charge in [0.2, 0.25) is 11.8 Å². The summed E-state index contributed by atoms with van der Waals surface area (Å²) in [6, 6.07) is 7.72. The number of alkyl halides is 3. The molecule has 2 rings (SSSR count). The van der Waals surface area contributed by atoms with Crippen LogP contribution in [0, 0.1) is 0 Å². The Morgan fingerprint density at radius 3 is 2.30 bits per heavy atom. The quantitative estimate of drug-likeness (QED) is 0.877. The third-order valence-electron chi connectivity index (χ3n) is 2.86. The zero-order valence-electron chi connectivity index (χ0n) is 11.8. The highest BCUT2D eigenvalue weighted by molar-refractivity contribution is 7.10. The van der Waals surface area contributed by atoms with Crippen LogP contribution in [0.5, 0.6) is 0 Å². The molecule has 0 fully saturated rings. The van der Waals surface area contributed by atoms with Crippen LogP contribution < -0.4 is 10.6 Å². The van der Waals surface area contributed by atoms with E-state index in [4.69, 9.17) is 0 Å². The molecule has 2 amide bonds. The van der Waals surface area contributed by atoms with Crippen LogP contribution in [0.3, 0.4) is 0 Å². The summed E-state index contributed by atoms with van der Waals surface area (Å²) in [5.41, 5.74) is -0.560. The summed E-state index contributed by atoms with van der Waals surface area (Å²) < 4.78 is 37.2. The number of carbonyl (C=O) groups excluding carboxylic acids is 2. The molecule has 0 saturated heterocycles. The van der Waals surface area contributed by atoms with E-state index in [1.165, 1.54) is 11.3 Å². The SMILES string of the molecule is O=C(Cc1cccs1)NCC(=O)Nc1ccc(C(F)(F)F)cc1. The number of rotatable bonds is 5. The normalized spacial score (nSPS) is 11.1. The molecule has 0 radical (unpaired) electrons. The Hall–Kier alpha value is -2.35. The van der Waals surface area contributed by atoms with Gasteiger partial charge in [0.1, 0.15) is 0 Å². The number of halogens is 3. The zero-order chi connectivity index (χ0) is 16.9. The first-order valence-electron chi connectivity index (χ1n) is 6.61. The van der Waals surface area contributed by atoms with Crippen LogP contribution in [0.2, 0.25) is 0 Å². The average molecular weight is 342 g/mol. The van der Waals surface area contributed by atoms with Crippen molar-refractivity contribution in [3.05, 3.63) is 52.2 Å². The zero-order valence-corrected chi connectivity index (χ0v) is 12.6. The minimum absolute atomic E-state index is 0.186. The highest BCUT2D eigenvalue weighted by atomic mass is 32.1. The molecule has 23 heavy (non-hydrogen) atoms. The van der Waals surface area contributed by atoms with E-state index in [-0.39, 0.29) is 24.6 Å². The molecular weight excluding hydrogens is 329 g/mol. The van der Waals surface area contributed by atoms with Crippen molar-refractivity contribution in [3.63, 3.8) is 0 Å². The number of anilines is 1. The van der Waals surface area contributed by atoms with Gasteiger partial charge in [0, 0.05) is 10.6 Å². The maximum absolute atomic E-state index is 12.4. The van der Waals surface area contributed by atoms with E-state index in [1.807, 2.05) is 17.5 Å². The topological polar surface area (TPSA) is 58.2 Å². The summed E-state index contributed by atoms with van der Waals surface area (Å²) in [5.74, 6) is -0.806. The van der Waals surface area contributed by atoms with Gasteiger partial charge in [-0.3, -0.25) is 9.59 Å². The first-order valence-corrected chi connectivity index (χ1v) is 7.49. The lowest BCUT2D eigenvalue weighted by atomic mass is 10.2. The minimum atomic E-state index is -4.42. The Bertz CT molecular complexity index is 667. The molecule has 4 nitrogen and oxygen atoms in total. The van der Waals surface area contributed by atoms with Crippen molar-refractivity contribution in [3.8, 4) is 0 Å². The van der Waals surface area contributed by atoms with Crippen molar-refractivity contribution in [2.24, 2.45) is 0 Å². The van der Waals surface area contributed by atoms with Gasteiger partial charge in [-0.1, -0.05) is 6.07 Å². The van der Waals surface area contributed by atoms with E-state index in [0.717, 1.165) is 29.1 Å². The smallest absolute Gasteiger partial charge is 0.347 e. The Balaban J connectivity index is 1.79. The van der Waals surface area contributed by atoms with Crippen molar-refractivity contribution < 1.29 is 22.8 Å². The average Bonchev–Trinajstić information content (AvgIpc) is 2.98. The monoisotopic (exact) mass is 342 g/mol. The number of amides is 2. The summed E-state index contributed by atoms with van der Waals surface area (Å²) in [6.07, 6.45) is -4.23. The van der Waals surface area contributed by atoms with Gasteiger partial charge in [-0.15, -0.1) is 11.3 Å². The van der Waals surface area contributed by atoms with E-state index < -0.39 is 17.6 Å². The molecule has 0 aliphatic carbocycles. The second-order valence-electron chi connectivity index (χ2n) is 4.66. The molecule has 0 unspecified atom stereocenters. The van der Waals surface area contributed by atoms with E-state index in [0.29, 0.717) is 0 Å². The summed E-state index contributed by atoms with van der Waals surface area (Å²) in [5, 5.41) is 6.72. The van der Waals surface area contributed by atoms with Gasteiger partial charge in [-0.25, -0.2) is 0 Å². The first-order chi connectivity index (χ1) is 10.8. The van der Waals surface area contributed by atoms with E-state index in [2.05, 4.69) is 10.6 Å². The molecule has 122 valence electrons. The lowest BCUT2D eigenvalue weighted by Gasteiger charge is -2.09. The van der Waals surface area contributed by atoms with Crippen molar-refractivity contribution in [2.75, 3.05) is 11.9 Å². The molecule has 0 bridgehead atoms. The standard InChI is InChI=1S/C15H13F3N2O2S/c16-15(17,18)10-3-5-11(6-4-10)20-14(22)9-19-13(21)8-12-2-1-7-23-12/h1-7H,8-9H2,(H,19,21)(H,20,22). The Labute approximate surface area is 134 Å². The fourth-order valence-electron chi connectivity index (χ4n) is 1.76. The van der Waals surface area contributed by atoms with Crippen LogP contribution in [0.15, 0.2) is 41.8 Å². The van der Waals surface area contributed by atoms with Gasteiger partial charge in [-0.05, 0) is 35.7 Å².